The van der Waals surface area contributed by atoms with Gasteiger partial charge in [-0.25, -0.2) is 0 Å². The number of methoxy groups -OCH3 is 1. The van der Waals surface area contributed by atoms with E-state index in [4.69, 9.17) is 19.9 Å². The van der Waals surface area contributed by atoms with Crippen LogP contribution in [0.1, 0.15) is 27.2 Å². The molecule has 0 radical (unpaired) electrons. The Balaban J connectivity index is 4.21. The molecular weight excluding hydrogens is 260 g/mol. The number of esters is 1. The number of carbonyl (C=O) groups excluding carboxylic acids is 1. The number of rotatable bonds is 12. The molecular formula is C14H30N2O4. The van der Waals surface area contributed by atoms with Crippen molar-refractivity contribution in [3.05, 3.63) is 0 Å². The lowest BCUT2D eigenvalue weighted by atomic mass is 9.99. The van der Waals surface area contributed by atoms with Crippen LogP contribution in [0.15, 0.2) is 0 Å². The molecule has 0 rings (SSSR count). The fraction of sp³-hybridized carbons (Fsp3) is 0.929. The third-order valence-corrected chi connectivity index (χ3v) is 3.11. The van der Waals surface area contributed by atoms with E-state index in [0.29, 0.717) is 39.4 Å². The highest BCUT2D eigenvalue weighted by Gasteiger charge is 2.29. The van der Waals surface area contributed by atoms with Gasteiger partial charge >= 0.3 is 5.97 Å². The van der Waals surface area contributed by atoms with Crippen molar-refractivity contribution in [3.63, 3.8) is 0 Å². The number of nitrogens with two attached hydrogens (primary N) is 1. The Labute approximate surface area is 122 Å². The molecule has 0 saturated carbocycles. The van der Waals surface area contributed by atoms with E-state index in [-0.39, 0.29) is 5.97 Å². The summed E-state index contributed by atoms with van der Waals surface area (Å²) in [5.74, 6) is -0.382. The quantitative estimate of drug-likeness (QED) is 0.420. The smallest absolute Gasteiger partial charge is 0.325 e. The van der Waals surface area contributed by atoms with Crippen LogP contribution in [-0.2, 0) is 19.0 Å². The minimum Gasteiger partial charge on any atom is -0.468 e. The van der Waals surface area contributed by atoms with Gasteiger partial charge in [-0.3, -0.25) is 9.69 Å². The first-order valence-electron chi connectivity index (χ1n) is 7.23. The fourth-order valence-electron chi connectivity index (χ4n) is 1.74. The highest BCUT2D eigenvalue weighted by molar-refractivity contribution is 5.79. The molecule has 0 spiro atoms. The predicted octanol–water partition coefficient (Wildman–Crippen LogP) is 0.642. The lowest BCUT2D eigenvalue weighted by Gasteiger charge is -2.27. The van der Waals surface area contributed by atoms with Crippen molar-refractivity contribution >= 4 is 5.97 Å². The molecule has 1 atom stereocenters. The van der Waals surface area contributed by atoms with Crippen LogP contribution in [0.4, 0.5) is 0 Å². The van der Waals surface area contributed by atoms with Gasteiger partial charge in [-0.1, -0.05) is 0 Å². The van der Waals surface area contributed by atoms with Crippen molar-refractivity contribution in [2.75, 3.05) is 53.2 Å². The lowest BCUT2D eigenvalue weighted by Crippen LogP contribution is -2.48. The van der Waals surface area contributed by atoms with Crippen LogP contribution in [0.2, 0.25) is 0 Å². The Hall–Kier alpha value is -0.690. The zero-order valence-corrected chi connectivity index (χ0v) is 13.3. The Morgan fingerprint density at radius 1 is 1.10 bits per heavy atom. The van der Waals surface area contributed by atoms with Gasteiger partial charge in [0, 0.05) is 32.8 Å². The van der Waals surface area contributed by atoms with E-state index in [1.807, 2.05) is 13.8 Å². The second-order valence-corrected chi connectivity index (χ2v) is 4.89. The zero-order valence-electron chi connectivity index (χ0n) is 13.3. The largest absolute Gasteiger partial charge is 0.468 e. The molecule has 0 aliphatic rings. The van der Waals surface area contributed by atoms with Crippen molar-refractivity contribution in [2.45, 2.75) is 32.7 Å². The monoisotopic (exact) mass is 290 g/mol. The third kappa shape index (κ3) is 8.47. The van der Waals surface area contributed by atoms with Gasteiger partial charge in [0.2, 0.25) is 0 Å². The average molecular weight is 290 g/mol. The van der Waals surface area contributed by atoms with Crippen molar-refractivity contribution in [1.29, 1.82) is 0 Å². The zero-order chi connectivity index (χ0) is 15.4. The third-order valence-electron chi connectivity index (χ3n) is 3.11. The van der Waals surface area contributed by atoms with E-state index in [1.54, 1.807) is 6.92 Å². The van der Waals surface area contributed by atoms with Crippen LogP contribution in [0.5, 0.6) is 0 Å². The van der Waals surface area contributed by atoms with E-state index in [2.05, 4.69) is 4.90 Å². The van der Waals surface area contributed by atoms with Crippen molar-refractivity contribution in [2.24, 2.45) is 5.73 Å². The predicted molar refractivity (Wildman–Crippen MR) is 78.7 cm³/mol. The Morgan fingerprint density at radius 2 is 1.60 bits per heavy atom. The minimum absolute atomic E-state index is 0.382. The van der Waals surface area contributed by atoms with Gasteiger partial charge in [0.1, 0.15) is 5.54 Å². The molecule has 0 fully saturated rings. The maximum atomic E-state index is 11.6. The van der Waals surface area contributed by atoms with Crippen molar-refractivity contribution in [3.8, 4) is 0 Å². The van der Waals surface area contributed by atoms with E-state index < -0.39 is 5.54 Å². The van der Waals surface area contributed by atoms with Gasteiger partial charge in [-0.05, 0) is 27.2 Å². The van der Waals surface area contributed by atoms with Gasteiger partial charge in [0.25, 0.3) is 0 Å². The maximum absolute atomic E-state index is 11.6. The lowest BCUT2D eigenvalue weighted by molar-refractivity contribution is -0.146. The molecule has 0 aromatic carbocycles. The topological polar surface area (TPSA) is 74.0 Å². The second-order valence-electron chi connectivity index (χ2n) is 4.89. The van der Waals surface area contributed by atoms with Crippen LogP contribution in [0.25, 0.3) is 0 Å². The molecule has 6 heteroatoms. The minimum atomic E-state index is -0.954. The normalized spacial score (nSPS) is 14.3. The summed E-state index contributed by atoms with van der Waals surface area (Å²) >= 11 is 0. The number of nitrogens with zero attached hydrogens (tertiary/aromatic N) is 1. The first-order chi connectivity index (χ1) is 9.47. The highest BCUT2D eigenvalue weighted by Crippen LogP contribution is 2.09. The van der Waals surface area contributed by atoms with Crippen LogP contribution < -0.4 is 5.73 Å². The fourth-order valence-corrected chi connectivity index (χ4v) is 1.74. The van der Waals surface area contributed by atoms with Gasteiger partial charge in [-0.15, -0.1) is 0 Å². The van der Waals surface area contributed by atoms with Gasteiger partial charge in [0.05, 0.1) is 20.3 Å². The summed E-state index contributed by atoms with van der Waals surface area (Å²) in [6, 6.07) is 0. The molecule has 20 heavy (non-hydrogen) atoms. The Kier molecular flexibility index (Phi) is 10.6. The molecule has 0 heterocycles. The van der Waals surface area contributed by atoms with E-state index in [1.165, 1.54) is 7.11 Å². The average Bonchev–Trinajstić information content (AvgIpc) is 2.43. The van der Waals surface area contributed by atoms with Gasteiger partial charge < -0.3 is 19.9 Å². The molecule has 0 saturated heterocycles. The molecule has 6 nitrogen and oxygen atoms in total. The first kappa shape index (κ1) is 19.3. The number of ether oxygens (including phenoxy) is 3. The second kappa shape index (κ2) is 11.0. The summed E-state index contributed by atoms with van der Waals surface area (Å²) < 4.78 is 15.4. The maximum Gasteiger partial charge on any atom is 0.325 e. The van der Waals surface area contributed by atoms with E-state index in [9.17, 15) is 4.79 Å². The molecule has 120 valence electrons. The van der Waals surface area contributed by atoms with Crippen LogP contribution in [-0.4, -0.2) is 69.6 Å². The van der Waals surface area contributed by atoms with E-state index in [0.717, 1.165) is 13.1 Å². The van der Waals surface area contributed by atoms with Gasteiger partial charge in [-0.2, -0.15) is 0 Å². The van der Waals surface area contributed by atoms with Crippen molar-refractivity contribution < 1.29 is 19.0 Å². The molecule has 0 amide bonds. The first-order valence-corrected chi connectivity index (χ1v) is 7.23. The number of hydrogen-bond donors (Lipinski definition) is 1. The summed E-state index contributed by atoms with van der Waals surface area (Å²) in [6.07, 6.45) is 0.540. The van der Waals surface area contributed by atoms with E-state index >= 15 is 0 Å². The Morgan fingerprint density at radius 3 is 2.00 bits per heavy atom. The van der Waals surface area contributed by atoms with Crippen LogP contribution in [0, 0.1) is 0 Å². The molecule has 0 aliphatic carbocycles. The summed E-state index contributed by atoms with van der Waals surface area (Å²) in [7, 11) is 1.36. The van der Waals surface area contributed by atoms with Crippen LogP contribution >= 0.6 is 0 Å². The standard InChI is InChI=1S/C14H30N2O4/c1-5-19-11-9-16(10-12-20-6-2)8-7-14(3,15)13(17)18-4/h5-12,15H2,1-4H3. The molecule has 0 aromatic rings. The van der Waals surface area contributed by atoms with Crippen LogP contribution in [0.3, 0.4) is 0 Å². The van der Waals surface area contributed by atoms with Crippen molar-refractivity contribution in [1.82, 2.24) is 4.90 Å². The SMILES string of the molecule is CCOCCN(CCOCC)CCC(C)(N)C(=O)OC. The summed E-state index contributed by atoms with van der Waals surface area (Å²) in [5.41, 5.74) is 5.01. The molecule has 2 N–H and O–H groups in total. The van der Waals surface area contributed by atoms with Gasteiger partial charge in [0.15, 0.2) is 0 Å². The highest BCUT2D eigenvalue weighted by atomic mass is 16.5. The number of carbonyl (C=O) groups is 1. The summed E-state index contributed by atoms with van der Waals surface area (Å²) in [5, 5.41) is 0. The molecule has 1 unspecified atom stereocenters. The molecule has 0 bridgehead atoms. The Bertz CT molecular complexity index is 250. The molecule has 0 aliphatic heterocycles. The summed E-state index contributed by atoms with van der Waals surface area (Å²) in [4.78, 5) is 13.7. The molecule has 0 aromatic heterocycles. The summed E-state index contributed by atoms with van der Waals surface area (Å²) in [6.45, 7) is 10.7. The number of hydrogen-bond acceptors (Lipinski definition) is 6.